The molecule has 1 aromatic heterocycles. The maximum Gasteiger partial charge on any atom is 0.456 e. The Morgan fingerprint density at radius 1 is 1.00 bits per heavy atom. The van der Waals surface area contributed by atoms with Crippen molar-refractivity contribution < 1.29 is 55.7 Å². The fraction of sp³-hybridized carbons (Fsp3) is 0.240. The van der Waals surface area contributed by atoms with Crippen LogP contribution in [0.4, 0.5) is 13.2 Å². The number of carbonyl (C=O) groups excluding carboxylic acids is 3. The SMILES string of the molecule is COC(=O)[C@@H]([C@H]1C(=O)O[C@@](O)(C(F)(F)F)[C@@H]1C(=O)c1cccs1)P(=O)(Oc1ccccc1)Oc1ccccc1. The van der Waals surface area contributed by atoms with Gasteiger partial charge in [0, 0.05) is 0 Å². The number of esters is 2. The minimum absolute atomic E-state index is 0.135. The molecule has 1 saturated heterocycles. The Morgan fingerprint density at radius 2 is 1.54 bits per heavy atom. The molecule has 0 bridgehead atoms. The second kappa shape index (κ2) is 10.8. The summed E-state index contributed by atoms with van der Waals surface area (Å²) in [6.45, 7) is 0. The van der Waals surface area contributed by atoms with Gasteiger partial charge in [-0.25, -0.2) is 4.57 Å². The Kier molecular flexibility index (Phi) is 7.87. The molecule has 9 nitrogen and oxygen atoms in total. The van der Waals surface area contributed by atoms with Gasteiger partial charge in [0.15, 0.2) is 11.4 Å². The zero-order valence-corrected chi connectivity index (χ0v) is 21.7. The van der Waals surface area contributed by atoms with E-state index < -0.39 is 54.8 Å². The molecular formula is C25H20F3O9PS. The number of ketones is 1. The summed E-state index contributed by atoms with van der Waals surface area (Å²) >= 11 is 0.729. The van der Waals surface area contributed by atoms with E-state index >= 15 is 0 Å². The first-order valence-electron chi connectivity index (χ1n) is 11.2. The van der Waals surface area contributed by atoms with E-state index in [9.17, 15) is 37.2 Å². The van der Waals surface area contributed by atoms with Crippen LogP contribution in [-0.2, 0) is 23.6 Å². The van der Waals surface area contributed by atoms with Crippen LogP contribution in [0.2, 0.25) is 0 Å². The van der Waals surface area contributed by atoms with Gasteiger partial charge in [0.05, 0.1) is 12.0 Å². The summed E-state index contributed by atoms with van der Waals surface area (Å²) in [5.41, 5.74) is -2.47. The standard InChI is InChI=1S/C25H20F3O9PS/c1-34-23(31)21(38(33,36-15-9-4-2-5-10-15)37-16-11-6-3-7-12-16)18-19(20(29)17-13-8-14-39-17)24(32,25(26,27)28)35-22(18)30/h2-14,18-19,21,32H,1H3/t18-,19-,21+,24+/m0/s1. The number of para-hydroxylation sites is 2. The maximum atomic E-state index is 14.5. The van der Waals surface area contributed by atoms with Crippen molar-refractivity contribution in [1.29, 1.82) is 0 Å². The number of methoxy groups -OCH3 is 1. The normalized spacial score (nSPS) is 22.0. The van der Waals surface area contributed by atoms with Gasteiger partial charge in [0.2, 0.25) is 0 Å². The van der Waals surface area contributed by atoms with Crippen LogP contribution in [0, 0.1) is 11.8 Å². The fourth-order valence-electron chi connectivity index (χ4n) is 4.10. The number of thiophene rings is 1. The minimum Gasteiger partial charge on any atom is -0.468 e. The number of carbonyl (C=O) groups is 3. The Morgan fingerprint density at radius 3 is 1.97 bits per heavy atom. The topological polar surface area (TPSA) is 125 Å². The number of aliphatic hydroxyl groups is 1. The molecule has 14 heteroatoms. The number of ether oxygens (including phenoxy) is 2. The summed E-state index contributed by atoms with van der Waals surface area (Å²) in [4.78, 5) is 39.3. The molecule has 1 aliphatic heterocycles. The Balaban J connectivity index is 1.92. The molecule has 0 unspecified atom stereocenters. The zero-order valence-electron chi connectivity index (χ0n) is 19.9. The number of halogens is 3. The highest BCUT2D eigenvalue weighted by atomic mass is 32.1. The van der Waals surface area contributed by atoms with E-state index in [0.29, 0.717) is 0 Å². The number of cyclic esters (lactones) is 1. The van der Waals surface area contributed by atoms with Gasteiger partial charge in [-0.2, -0.15) is 13.2 Å². The summed E-state index contributed by atoms with van der Waals surface area (Å²) in [5.74, 6) is -14.6. The molecular weight excluding hydrogens is 564 g/mol. The van der Waals surface area contributed by atoms with Gasteiger partial charge in [0.1, 0.15) is 23.3 Å². The van der Waals surface area contributed by atoms with Crippen molar-refractivity contribution in [2.45, 2.75) is 17.6 Å². The maximum absolute atomic E-state index is 14.5. The molecule has 1 aliphatic rings. The van der Waals surface area contributed by atoms with Crippen molar-refractivity contribution in [2.75, 3.05) is 7.11 Å². The van der Waals surface area contributed by atoms with E-state index in [1.165, 1.54) is 60.0 Å². The molecule has 0 aliphatic carbocycles. The average molecular weight is 584 g/mol. The van der Waals surface area contributed by atoms with Crippen molar-refractivity contribution in [1.82, 2.24) is 0 Å². The van der Waals surface area contributed by atoms with Gasteiger partial charge in [-0.05, 0) is 35.7 Å². The van der Waals surface area contributed by atoms with Gasteiger partial charge in [-0.3, -0.25) is 14.4 Å². The Labute approximate surface area is 223 Å². The number of Topliss-reactive ketones (excluding diaryl/α,β-unsaturated/α-hetero) is 1. The smallest absolute Gasteiger partial charge is 0.456 e. The van der Waals surface area contributed by atoms with Crippen molar-refractivity contribution in [3.63, 3.8) is 0 Å². The Bertz CT molecular complexity index is 1340. The van der Waals surface area contributed by atoms with E-state index in [4.69, 9.17) is 13.8 Å². The van der Waals surface area contributed by atoms with E-state index in [0.717, 1.165) is 24.5 Å². The third kappa shape index (κ3) is 5.42. The summed E-state index contributed by atoms with van der Waals surface area (Å²) < 4.78 is 77.2. The second-order valence-electron chi connectivity index (χ2n) is 8.28. The van der Waals surface area contributed by atoms with Gasteiger partial charge < -0.3 is 23.6 Å². The van der Waals surface area contributed by atoms with E-state index in [1.807, 2.05) is 0 Å². The predicted molar refractivity (Wildman–Crippen MR) is 130 cm³/mol. The molecule has 1 N–H and O–H groups in total. The lowest BCUT2D eigenvalue weighted by molar-refractivity contribution is -0.350. The van der Waals surface area contributed by atoms with Crippen LogP contribution in [0.5, 0.6) is 11.5 Å². The van der Waals surface area contributed by atoms with Crippen LogP contribution >= 0.6 is 18.9 Å². The molecule has 0 spiro atoms. The fourth-order valence-corrected chi connectivity index (χ4v) is 6.95. The molecule has 3 aromatic rings. The predicted octanol–water partition coefficient (Wildman–Crippen LogP) is 4.86. The van der Waals surface area contributed by atoms with Crippen molar-refractivity contribution >= 4 is 36.7 Å². The molecule has 2 heterocycles. The number of rotatable bonds is 9. The number of benzene rings is 2. The first-order valence-corrected chi connectivity index (χ1v) is 13.7. The summed E-state index contributed by atoms with van der Waals surface area (Å²) in [7, 11) is -4.27. The van der Waals surface area contributed by atoms with Crippen LogP contribution in [-0.4, -0.2) is 47.6 Å². The van der Waals surface area contributed by atoms with Gasteiger partial charge in [0.25, 0.3) is 0 Å². The first kappa shape index (κ1) is 28.3. The highest BCUT2D eigenvalue weighted by Gasteiger charge is 2.75. The monoisotopic (exact) mass is 584 g/mol. The lowest BCUT2D eigenvalue weighted by atomic mass is 9.81. The Hall–Kier alpha value is -3.67. The van der Waals surface area contributed by atoms with E-state index in [-0.39, 0.29) is 16.4 Å². The highest BCUT2D eigenvalue weighted by molar-refractivity contribution is 7.56. The van der Waals surface area contributed by atoms with Crippen molar-refractivity contribution in [2.24, 2.45) is 11.8 Å². The molecule has 0 radical (unpaired) electrons. The van der Waals surface area contributed by atoms with Crippen LogP contribution in [0.3, 0.4) is 0 Å². The molecule has 0 saturated carbocycles. The van der Waals surface area contributed by atoms with Gasteiger partial charge in [-0.15, -0.1) is 11.3 Å². The number of hydrogen-bond acceptors (Lipinski definition) is 10. The molecule has 2 aromatic carbocycles. The summed E-state index contributed by atoms with van der Waals surface area (Å²) in [5, 5.41) is 12.0. The quantitative estimate of drug-likeness (QED) is 0.213. The van der Waals surface area contributed by atoms with Crippen LogP contribution in [0.15, 0.2) is 78.2 Å². The lowest BCUT2D eigenvalue weighted by Crippen LogP contribution is -2.54. The molecule has 39 heavy (non-hydrogen) atoms. The molecule has 1 fully saturated rings. The van der Waals surface area contributed by atoms with Crippen LogP contribution in [0.1, 0.15) is 9.67 Å². The second-order valence-corrected chi connectivity index (χ2v) is 11.2. The van der Waals surface area contributed by atoms with E-state index in [2.05, 4.69) is 4.74 Å². The van der Waals surface area contributed by atoms with Crippen molar-refractivity contribution in [3.05, 3.63) is 83.1 Å². The van der Waals surface area contributed by atoms with Gasteiger partial charge >= 0.3 is 31.5 Å². The summed E-state index contributed by atoms with van der Waals surface area (Å²) in [6.07, 6.45) is -5.68. The largest absolute Gasteiger partial charge is 0.468 e. The van der Waals surface area contributed by atoms with Crippen LogP contribution < -0.4 is 9.05 Å². The number of hydrogen-bond donors (Lipinski definition) is 1. The average Bonchev–Trinajstić information content (AvgIpc) is 3.52. The van der Waals surface area contributed by atoms with Gasteiger partial charge in [-0.1, -0.05) is 42.5 Å². The molecule has 4 rings (SSSR count). The third-order valence-electron chi connectivity index (χ3n) is 5.84. The molecule has 206 valence electrons. The third-order valence-corrected chi connectivity index (χ3v) is 8.87. The minimum atomic E-state index is -5.68. The summed E-state index contributed by atoms with van der Waals surface area (Å²) in [6, 6.07) is 16.9. The first-order chi connectivity index (χ1) is 18.4. The lowest BCUT2D eigenvalue weighted by Gasteiger charge is -2.32. The van der Waals surface area contributed by atoms with E-state index in [1.54, 1.807) is 12.1 Å². The number of alkyl halides is 3. The highest BCUT2D eigenvalue weighted by Crippen LogP contribution is 2.60. The molecule has 0 amide bonds. The molecule has 4 atom stereocenters. The zero-order chi connectivity index (χ0) is 28.4. The van der Waals surface area contributed by atoms with Crippen molar-refractivity contribution in [3.8, 4) is 11.5 Å². The van der Waals surface area contributed by atoms with Crippen LogP contribution in [0.25, 0.3) is 0 Å².